The number of hydrogen-bond donors (Lipinski definition) is 0. The fourth-order valence-electron chi connectivity index (χ4n) is 6.71. The van der Waals surface area contributed by atoms with Crippen molar-refractivity contribution in [1.82, 2.24) is 15.0 Å². The van der Waals surface area contributed by atoms with E-state index in [-0.39, 0.29) is 20.1 Å². The number of nitrogens with zero attached hydrogens (tertiary/aromatic N) is 3. The zero-order valence-electron chi connectivity index (χ0n) is 28.5. The van der Waals surface area contributed by atoms with Gasteiger partial charge in [-0.2, -0.15) is 0 Å². The van der Waals surface area contributed by atoms with Gasteiger partial charge in [0.1, 0.15) is 5.58 Å². The Morgan fingerprint density at radius 1 is 0.872 bits per heavy atom. The topological polar surface area (TPSA) is 51.8 Å². The summed E-state index contributed by atoms with van der Waals surface area (Å²) in [5.41, 5.74) is 9.68. The molecule has 1 aliphatic rings. The number of aryl methyl sites for hydroxylation is 1. The first kappa shape index (κ1) is 34.9. The summed E-state index contributed by atoms with van der Waals surface area (Å²) in [6.45, 7) is 13.9. The van der Waals surface area contributed by atoms with Crippen LogP contribution in [-0.2, 0) is 32.9 Å². The van der Waals surface area contributed by atoms with Gasteiger partial charge in [-0.1, -0.05) is 106 Å². The molecule has 0 bridgehead atoms. The van der Waals surface area contributed by atoms with Crippen LogP contribution in [0.4, 0.5) is 0 Å². The van der Waals surface area contributed by atoms with Crippen LogP contribution in [0.5, 0.6) is 0 Å². The average molecular weight is 816 g/mol. The van der Waals surface area contributed by atoms with E-state index in [2.05, 4.69) is 93.1 Å². The van der Waals surface area contributed by atoms with E-state index in [0.717, 1.165) is 63.2 Å². The van der Waals surface area contributed by atoms with Crippen LogP contribution in [0.15, 0.2) is 83.7 Å². The summed E-state index contributed by atoms with van der Waals surface area (Å²) >= 11 is 0. The van der Waals surface area contributed by atoms with Gasteiger partial charge >= 0.3 is 0 Å². The van der Waals surface area contributed by atoms with Crippen molar-refractivity contribution in [3.63, 3.8) is 0 Å². The van der Waals surface area contributed by atoms with Crippen LogP contribution in [0, 0.1) is 31.0 Å². The molecule has 0 aliphatic heterocycles. The second kappa shape index (κ2) is 15.2. The number of rotatable bonds is 7. The minimum atomic E-state index is -1.34. The van der Waals surface area contributed by atoms with Crippen molar-refractivity contribution < 1.29 is 24.5 Å². The predicted molar refractivity (Wildman–Crippen MR) is 194 cm³/mol. The quantitative estimate of drug-likeness (QED) is 0.119. The fraction of sp³-hybridized carbons (Fsp3) is 0.341. The van der Waals surface area contributed by atoms with Crippen LogP contribution in [0.2, 0.25) is 19.6 Å². The molecule has 0 amide bonds. The van der Waals surface area contributed by atoms with E-state index < -0.39 is 8.07 Å². The van der Waals surface area contributed by atoms with Crippen LogP contribution in [-0.4, -0.2) is 23.0 Å². The van der Waals surface area contributed by atoms with Gasteiger partial charge in [0.2, 0.25) is 0 Å². The minimum Gasteiger partial charge on any atom is -0.500 e. The molecule has 47 heavy (non-hydrogen) atoms. The maximum absolute atomic E-state index is 6.10. The van der Waals surface area contributed by atoms with E-state index in [1.165, 1.54) is 47.6 Å². The molecule has 0 N–H and O–H groups in total. The van der Waals surface area contributed by atoms with Crippen LogP contribution in [0.1, 0.15) is 56.2 Å². The van der Waals surface area contributed by atoms with Crippen LogP contribution < -0.4 is 5.19 Å². The van der Waals surface area contributed by atoms with E-state index in [1.807, 2.05) is 48.8 Å². The van der Waals surface area contributed by atoms with E-state index in [4.69, 9.17) is 9.40 Å². The number of fused-ring (bicyclic) bond motifs is 3. The molecule has 6 heteroatoms. The molecular formula is C41H45IrN3OSi-2. The SMILES string of the molecule is CC(C)Cc1cc(-c2[c-]cccc2)ncc1[Si](C)(C)C.Cc1cc(-c2[c-]ncc3c2oc2ccccc23)ncc1CC1CCCC1.[Ir]. The van der Waals surface area contributed by atoms with Crippen LogP contribution >= 0.6 is 0 Å². The Bertz CT molecular complexity index is 1940. The molecule has 245 valence electrons. The summed E-state index contributed by atoms with van der Waals surface area (Å²) in [6.07, 6.45) is 16.8. The van der Waals surface area contributed by atoms with Gasteiger partial charge in [-0.05, 0) is 77.6 Å². The third-order valence-electron chi connectivity index (χ3n) is 9.10. The van der Waals surface area contributed by atoms with Gasteiger partial charge in [0.25, 0.3) is 0 Å². The predicted octanol–water partition coefficient (Wildman–Crippen LogP) is 10.2. The smallest absolute Gasteiger partial charge is 0.121 e. The molecule has 2 aromatic carbocycles. The molecule has 1 saturated carbocycles. The van der Waals surface area contributed by atoms with Crippen molar-refractivity contribution >= 4 is 35.2 Å². The molecule has 1 aliphatic carbocycles. The zero-order valence-corrected chi connectivity index (χ0v) is 31.9. The summed E-state index contributed by atoms with van der Waals surface area (Å²) < 4.78 is 6.10. The van der Waals surface area contributed by atoms with Crippen molar-refractivity contribution in [3.05, 3.63) is 108 Å². The first-order valence-electron chi connectivity index (χ1n) is 16.8. The summed E-state index contributed by atoms with van der Waals surface area (Å²) in [5.74, 6) is 1.49. The van der Waals surface area contributed by atoms with Crippen LogP contribution in [0.3, 0.4) is 0 Å². The molecule has 0 atom stereocenters. The molecule has 0 spiro atoms. The number of pyridine rings is 3. The Kier molecular flexibility index (Phi) is 11.3. The van der Waals surface area contributed by atoms with Crippen molar-refractivity contribution in [3.8, 4) is 22.5 Å². The number of para-hydroxylation sites is 1. The van der Waals surface area contributed by atoms with E-state index in [1.54, 1.807) is 0 Å². The molecular weight excluding hydrogens is 771 g/mol. The minimum absolute atomic E-state index is 0. The average Bonchev–Trinajstić information content (AvgIpc) is 3.70. The Morgan fingerprint density at radius 3 is 2.32 bits per heavy atom. The maximum Gasteiger partial charge on any atom is 0.121 e. The largest absolute Gasteiger partial charge is 0.500 e. The number of benzene rings is 2. The number of aromatic nitrogens is 3. The van der Waals surface area contributed by atoms with Gasteiger partial charge in [0.15, 0.2) is 0 Å². The monoisotopic (exact) mass is 816 g/mol. The Morgan fingerprint density at radius 2 is 1.62 bits per heavy atom. The van der Waals surface area contributed by atoms with Gasteiger partial charge in [0.05, 0.1) is 13.7 Å². The third kappa shape index (κ3) is 8.17. The molecule has 4 nitrogen and oxygen atoms in total. The molecule has 4 aromatic heterocycles. The van der Waals surface area contributed by atoms with Crippen molar-refractivity contribution in [1.29, 1.82) is 0 Å². The third-order valence-corrected chi connectivity index (χ3v) is 11.2. The molecule has 0 unspecified atom stereocenters. The normalized spacial score (nSPS) is 13.5. The van der Waals surface area contributed by atoms with Gasteiger partial charge in [-0.3, -0.25) is 0 Å². The van der Waals surface area contributed by atoms with Gasteiger partial charge in [0, 0.05) is 37.9 Å². The van der Waals surface area contributed by atoms with E-state index in [9.17, 15) is 0 Å². The molecule has 6 aromatic rings. The molecule has 7 rings (SSSR count). The van der Waals surface area contributed by atoms with Crippen molar-refractivity contribution in [2.45, 2.75) is 78.9 Å². The van der Waals surface area contributed by atoms with Gasteiger partial charge in [-0.15, -0.1) is 35.9 Å². The first-order valence-corrected chi connectivity index (χ1v) is 20.3. The summed E-state index contributed by atoms with van der Waals surface area (Å²) in [5, 5.41) is 3.59. The van der Waals surface area contributed by atoms with Crippen molar-refractivity contribution in [2.75, 3.05) is 0 Å². The zero-order chi connectivity index (χ0) is 32.3. The number of hydrogen-bond acceptors (Lipinski definition) is 4. The first-order chi connectivity index (χ1) is 22.2. The molecule has 4 heterocycles. The Balaban J connectivity index is 0.000000188. The summed E-state index contributed by atoms with van der Waals surface area (Å²) in [6, 6.07) is 23.8. The molecule has 0 saturated heterocycles. The molecule has 1 radical (unpaired) electrons. The number of furan rings is 1. The van der Waals surface area contributed by atoms with E-state index >= 15 is 0 Å². The fourth-order valence-corrected chi connectivity index (χ4v) is 8.30. The summed E-state index contributed by atoms with van der Waals surface area (Å²) in [7, 11) is -1.34. The summed E-state index contributed by atoms with van der Waals surface area (Å²) in [4.78, 5) is 13.7. The maximum atomic E-state index is 6.10. The van der Waals surface area contributed by atoms with Crippen molar-refractivity contribution in [2.24, 2.45) is 11.8 Å². The van der Waals surface area contributed by atoms with Crippen LogP contribution in [0.25, 0.3) is 44.5 Å². The molecule has 1 fully saturated rings. The van der Waals surface area contributed by atoms with E-state index in [0.29, 0.717) is 5.92 Å². The van der Waals surface area contributed by atoms with Gasteiger partial charge < -0.3 is 19.4 Å². The standard InChI is InChI=1S/C23H21N2O.C18H24NSi.Ir/c1-15-10-21(25-12-17(15)11-16-6-2-3-7-16)20-14-24-13-19-18-8-4-5-9-22(18)26-23(19)20;1-14(2)11-16-12-17(15-9-7-6-8-10-15)19-13-18(16)20(3,4)5;/h4-5,8-10,12-13,16H,2-3,6-7,11H2,1H3;6-9,12-14H,11H2,1-5H3;/q2*-1;. The second-order valence-corrected chi connectivity index (χ2v) is 19.3. The Labute approximate surface area is 294 Å². The second-order valence-electron chi connectivity index (χ2n) is 14.3. The van der Waals surface area contributed by atoms with Gasteiger partial charge in [-0.25, -0.2) is 0 Å². The Hall–Kier alpha value is -3.44.